The van der Waals surface area contributed by atoms with E-state index in [2.05, 4.69) is 10.3 Å². The first-order chi connectivity index (χ1) is 9.65. The summed E-state index contributed by atoms with van der Waals surface area (Å²) >= 11 is 0. The number of benzene rings is 1. The lowest BCUT2D eigenvalue weighted by Gasteiger charge is -2.14. The molecule has 104 valence electrons. The maximum Gasteiger partial charge on any atom is 0.261 e. The molecule has 0 radical (unpaired) electrons. The largest absolute Gasteiger partial charge is 0.481 e. The second kappa shape index (κ2) is 6.65. The lowest BCUT2D eigenvalue weighted by atomic mass is 10.3. The minimum atomic E-state index is -0.663. The summed E-state index contributed by atoms with van der Waals surface area (Å²) in [5.74, 6) is -0.142. The predicted molar refractivity (Wildman–Crippen MR) is 72.6 cm³/mol. The topological polar surface area (TPSA) is 51.2 Å². The third-order valence-electron chi connectivity index (χ3n) is 2.67. The molecule has 2 rings (SSSR count). The smallest absolute Gasteiger partial charge is 0.261 e. The van der Waals surface area contributed by atoms with Crippen molar-refractivity contribution in [1.29, 1.82) is 0 Å². The zero-order chi connectivity index (χ0) is 14.4. The Kier molecular flexibility index (Phi) is 4.65. The third-order valence-corrected chi connectivity index (χ3v) is 2.67. The molecule has 0 saturated heterocycles. The Morgan fingerprint density at radius 2 is 2.05 bits per heavy atom. The Morgan fingerprint density at radius 1 is 1.30 bits per heavy atom. The van der Waals surface area contributed by atoms with Crippen LogP contribution in [0.4, 0.5) is 4.39 Å². The average molecular weight is 274 g/mol. The number of carbonyl (C=O) groups excluding carboxylic acids is 1. The molecule has 0 unspecified atom stereocenters. The number of halogens is 1. The standard InChI is InChI=1S/C15H15FN2O2/c1-11(20-14-7-5-12(16)6-8-14)15(19)18-10-13-4-2-3-9-17-13/h2-9,11H,10H2,1H3,(H,18,19)/t11-/m1/s1. The van der Waals surface area contributed by atoms with Crippen molar-refractivity contribution in [2.24, 2.45) is 0 Å². The summed E-state index contributed by atoms with van der Waals surface area (Å²) < 4.78 is 18.2. The van der Waals surface area contributed by atoms with Crippen molar-refractivity contribution in [1.82, 2.24) is 10.3 Å². The van der Waals surface area contributed by atoms with Crippen molar-refractivity contribution in [3.8, 4) is 5.75 Å². The van der Waals surface area contributed by atoms with E-state index in [-0.39, 0.29) is 11.7 Å². The maximum absolute atomic E-state index is 12.7. The van der Waals surface area contributed by atoms with E-state index in [0.717, 1.165) is 5.69 Å². The van der Waals surface area contributed by atoms with Crippen LogP contribution in [0.1, 0.15) is 12.6 Å². The van der Waals surface area contributed by atoms with Gasteiger partial charge >= 0.3 is 0 Å². The Morgan fingerprint density at radius 3 is 2.70 bits per heavy atom. The van der Waals surface area contributed by atoms with Crippen LogP contribution < -0.4 is 10.1 Å². The number of nitrogens with one attached hydrogen (secondary N) is 1. The first-order valence-corrected chi connectivity index (χ1v) is 6.25. The van der Waals surface area contributed by atoms with Gasteiger partial charge in [-0.25, -0.2) is 4.39 Å². The SMILES string of the molecule is C[C@@H](Oc1ccc(F)cc1)C(=O)NCc1ccccn1. The van der Waals surface area contributed by atoms with Gasteiger partial charge in [-0.05, 0) is 43.3 Å². The van der Waals surface area contributed by atoms with Gasteiger partial charge in [0.2, 0.25) is 0 Å². The van der Waals surface area contributed by atoms with Crippen LogP contribution in [0, 0.1) is 5.82 Å². The summed E-state index contributed by atoms with van der Waals surface area (Å²) in [5.41, 5.74) is 0.773. The van der Waals surface area contributed by atoms with Crippen LogP contribution in [-0.2, 0) is 11.3 Å². The summed E-state index contributed by atoms with van der Waals surface area (Å²) in [7, 11) is 0. The molecule has 1 N–H and O–H groups in total. The molecule has 0 aliphatic heterocycles. The number of amides is 1. The molecule has 1 atom stereocenters. The fourth-order valence-electron chi connectivity index (χ4n) is 1.59. The zero-order valence-corrected chi connectivity index (χ0v) is 11.0. The number of hydrogen-bond donors (Lipinski definition) is 1. The van der Waals surface area contributed by atoms with E-state index >= 15 is 0 Å². The highest BCUT2D eigenvalue weighted by molar-refractivity contribution is 5.80. The van der Waals surface area contributed by atoms with Crippen LogP contribution >= 0.6 is 0 Å². The molecule has 0 saturated carbocycles. The van der Waals surface area contributed by atoms with Gasteiger partial charge < -0.3 is 10.1 Å². The first kappa shape index (κ1) is 14.0. The summed E-state index contributed by atoms with van der Waals surface area (Å²) in [6, 6.07) is 11.0. The van der Waals surface area contributed by atoms with E-state index in [1.165, 1.54) is 24.3 Å². The number of rotatable bonds is 5. The molecule has 0 fully saturated rings. The van der Waals surface area contributed by atoms with Crippen LogP contribution in [0.5, 0.6) is 5.75 Å². The van der Waals surface area contributed by atoms with Gasteiger partial charge in [-0.2, -0.15) is 0 Å². The minimum absolute atomic E-state index is 0.250. The number of aromatic nitrogens is 1. The fourth-order valence-corrected chi connectivity index (χ4v) is 1.59. The number of hydrogen-bond acceptors (Lipinski definition) is 3. The normalized spacial score (nSPS) is 11.7. The van der Waals surface area contributed by atoms with Gasteiger partial charge in [0.05, 0.1) is 12.2 Å². The number of ether oxygens (including phenoxy) is 1. The highest BCUT2D eigenvalue weighted by Crippen LogP contribution is 2.13. The molecule has 1 heterocycles. The highest BCUT2D eigenvalue weighted by atomic mass is 19.1. The summed E-state index contributed by atoms with van der Waals surface area (Å²) in [4.78, 5) is 16.0. The summed E-state index contributed by atoms with van der Waals surface area (Å²) in [6.07, 6.45) is 1.00. The van der Waals surface area contributed by atoms with Gasteiger partial charge in [-0.3, -0.25) is 9.78 Å². The zero-order valence-electron chi connectivity index (χ0n) is 11.0. The molecule has 5 heteroatoms. The monoisotopic (exact) mass is 274 g/mol. The molecule has 1 amide bonds. The van der Waals surface area contributed by atoms with Crippen molar-refractivity contribution < 1.29 is 13.9 Å². The van der Waals surface area contributed by atoms with Gasteiger partial charge in [0.25, 0.3) is 5.91 Å². The van der Waals surface area contributed by atoms with Crippen LogP contribution in [0.3, 0.4) is 0 Å². The van der Waals surface area contributed by atoms with Crippen LogP contribution in [0.15, 0.2) is 48.7 Å². The van der Waals surface area contributed by atoms with E-state index in [1.54, 1.807) is 13.1 Å². The second-order valence-corrected chi connectivity index (χ2v) is 4.25. The first-order valence-electron chi connectivity index (χ1n) is 6.25. The molecule has 1 aromatic carbocycles. The van der Waals surface area contributed by atoms with Crippen molar-refractivity contribution in [3.05, 3.63) is 60.2 Å². The van der Waals surface area contributed by atoms with E-state index in [9.17, 15) is 9.18 Å². The quantitative estimate of drug-likeness (QED) is 0.910. The molecule has 2 aromatic rings. The van der Waals surface area contributed by atoms with Crippen LogP contribution in [-0.4, -0.2) is 17.0 Å². The predicted octanol–water partition coefficient (Wildman–Crippen LogP) is 2.30. The van der Waals surface area contributed by atoms with Gasteiger partial charge in [-0.1, -0.05) is 6.07 Å². The van der Waals surface area contributed by atoms with Gasteiger partial charge in [-0.15, -0.1) is 0 Å². The molecule has 0 spiro atoms. The molecular weight excluding hydrogens is 259 g/mol. The third kappa shape index (κ3) is 4.05. The molecule has 1 aromatic heterocycles. The number of pyridine rings is 1. The van der Waals surface area contributed by atoms with E-state index < -0.39 is 6.10 Å². The van der Waals surface area contributed by atoms with Crippen molar-refractivity contribution in [3.63, 3.8) is 0 Å². The molecule has 20 heavy (non-hydrogen) atoms. The fraction of sp³-hybridized carbons (Fsp3) is 0.200. The van der Waals surface area contributed by atoms with Crippen molar-refractivity contribution in [2.45, 2.75) is 19.6 Å². The molecule has 4 nitrogen and oxygen atoms in total. The van der Waals surface area contributed by atoms with Crippen molar-refractivity contribution >= 4 is 5.91 Å². The lowest BCUT2D eigenvalue weighted by Crippen LogP contribution is -2.36. The van der Waals surface area contributed by atoms with E-state index in [4.69, 9.17) is 4.74 Å². The second-order valence-electron chi connectivity index (χ2n) is 4.25. The van der Waals surface area contributed by atoms with Gasteiger partial charge in [0.15, 0.2) is 6.10 Å². The Bertz CT molecular complexity index is 558. The molecule has 0 aliphatic carbocycles. The van der Waals surface area contributed by atoms with Crippen LogP contribution in [0.2, 0.25) is 0 Å². The van der Waals surface area contributed by atoms with Crippen LogP contribution in [0.25, 0.3) is 0 Å². The molecule has 0 aliphatic rings. The van der Waals surface area contributed by atoms with Gasteiger partial charge in [0.1, 0.15) is 11.6 Å². The maximum atomic E-state index is 12.7. The van der Waals surface area contributed by atoms with Gasteiger partial charge in [0, 0.05) is 6.20 Å². The molecule has 0 bridgehead atoms. The highest BCUT2D eigenvalue weighted by Gasteiger charge is 2.14. The molecular formula is C15H15FN2O2. The Hall–Kier alpha value is -2.43. The number of nitrogens with zero attached hydrogens (tertiary/aromatic N) is 1. The Labute approximate surface area is 116 Å². The Balaban J connectivity index is 1.84. The minimum Gasteiger partial charge on any atom is -0.481 e. The van der Waals surface area contributed by atoms with E-state index in [0.29, 0.717) is 12.3 Å². The lowest BCUT2D eigenvalue weighted by molar-refractivity contribution is -0.127. The van der Waals surface area contributed by atoms with E-state index in [1.807, 2.05) is 18.2 Å². The number of carbonyl (C=O) groups is 1. The summed E-state index contributed by atoms with van der Waals surface area (Å²) in [6.45, 7) is 1.98. The average Bonchev–Trinajstić information content (AvgIpc) is 2.48. The summed E-state index contributed by atoms with van der Waals surface area (Å²) in [5, 5.41) is 2.73. The van der Waals surface area contributed by atoms with Crippen molar-refractivity contribution in [2.75, 3.05) is 0 Å².